The molecule has 0 spiro atoms. The van der Waals surface area contributed by atoms with Crippen molar-refractivity contribution in [1.82, 2.24) is 4.98 Å². The van der Waals surface area contributed by atoms with Crippen molar-refractivity contribution >= 4 is 17.4 Å². The second-order valence-corrected chi connectivity index (χ2v) is 4.77. The van der Waals surface area contributed by atoms with Gasteiger partial charge in [-0.2, -0.15) is 0 Å². The summed E-state index contributed by atoms with van der Waals surface area (Å²) in [6, 6.07) is 3.04. The summed E-state index contributed by atoms with van der Waals surface area (Å²) in [5.74, 6) is 0.646. The van der Waals surface area contributed by atoms with Gasteiger partial charge in [-0.1, -0.05) is 6.92 Å². The Kier molecular flexibility index (Phi) is 3.10. The zero-order valence-corrected chi connectivity index (χ0v) is 9.41. The maximum atomic E-state index is 13.5. The van der Waals surface area contributed by atoms with Gasteiger partial charge in [-0.25, -0.2) is 9.37 Å². The molecule has 0 aliphatic carbocycles. The van der Waals surface area contributed by atoms with E-state index in [4.69, 9.17) is 11.6 Å². The minimum absolute atomic E-state index is 0.0927. The third-order valence-corrected chi connectivity index (χ3v) is 2.96. The Morgan fingerprint density at radius 1 is 1.53 bits per heavy atom. The molecule has 1 aromatic heterocycles. The van der Waals surface area contributed by atoms with Crippen LogP contribution in [0.4, 0.5) is 10.2 Å². The van der Waals surface area contributed by atoms with Crippen LogP contribution in [0, 0.1) is 11.7 Å². The van der Waals surface area contributed by atoms with Crippen molar-refractivity contribution in [2.24, 2.45) is 5.92 Å². The summed E-state index contributed by atoms with van der Waals surface area (Å²) in [5, 5.41) is 0.0927. The van der Waals surface area contributed by atoms with Crippen LogP contribution in [0.5, 0.6) is 0 Å². The molecule has 1 fully saturated rings. The first-order valence-corrected chi connectivity index (χ1v) is 5.60. The average Bonchev–Trinajstić information content (AvgIpc) is 2.16. The third kappa shape index (κ3) is 2.40. The standard InChI is InChI=1S/C11H14ClFN2/c1-8-5-9(12)7-15(6-8)11-10(13)3-2-4-14-11/h2-4,8-9H,5-7H2,1H3. The van der Waals surface area contributed by atoms with E-state index in [9.17, 15) is 4.39 Å². The molecule has 1 aliphatic rings. The second kappa shape index (κ2) is 4.35. The first-order chi connectivity index (χ1) is 7.16. The van der Waals surface area contributed by atoms with Gasteiger partial charge in [0.05, 0.1) is 5.38 Å². The molecule has 0 N–H and O–H groups in total. The Labute approximate surface area is 94.1 Å². The Morgan fingerprint density at radius 2 is 2.33 bits per heavy atom. The summed E-state index contributed by atoms with van der Waals surface area (Å²) in [4.78, 5) is 5.99. The lowest BCUT2D eigenvalue weighted by Gasteiger charge is -2.34. The molecular weight excluding hydrogens is 215 g/mol. The van der Waals surface area contributed by atoms with Crippen molar-refractivity contribution in [3.63, 3.8) is 0 Å². The van der Waals surface area contributed by atoms with Crippen molar-refractivity contribution in [2.45, 2.75) is 18.7 Å². The van der Waals surface area contributed by atoms with Crippen molar-refractivity contribution in [3.8, 4) is 0 Å². The quantitative estimate of drug-likeness (QED) is 0.687. The highest BCUT2D eigenvalue weighted by Gasteiger charge is 2.25. The molecule has 2 atom stereocenters. The van der Waals surface area contributed by atoms with Crippen LogP contribution >= 0.6 is 11.6 Å². The molecule has 2 nitrogen and oxygen atoms in total. The SMILES string of the molecule is CC1CC(Cl)CN(c2ncccc2F)C1. The number of nitrogens with zero attached hydrogens (tertiary/aromatic N) is 2. The van der Waals surface area contributed by atoms with Crippen molar-refractivity contribution in [1.29, 1.82) is 0 Å². The number of alkyl halides is 1. The van der Waals surface area contributed by atoms with Gasteiger partial charge in [-0.3, -0.25) is 0 Å². The number of hydrogen-bond donors (Lipinski definition) is 0. The zero-order chi connectivity index (χ0) is 10.8. The molecule has 15 heavy (non-hydrogen) atoms. The van der Waals surface area contributed by atoms with Crippen LogP contribution in [-0.4, -0.2) is 23.5 Å². The summed E-state index contributed by atoms with van der Waals surface area (Å²) in [7, 11) is 0. The average molecular weight is 229 g/mol. The first-order valence-electron chi connectivity index (χ1n) is 5.16. The minimum Gasteiger partial charge on any atom is -0.352 e. The fourth-order valence-corrected chi connectivity index (χ4v) is 2.53. The molecule has 1 saturated heterocycles. The maximum absolute atomic E-state index is 13.5. The number of anilines is 1. The van der Waals surface area contributed by atoms with Gasteiger partial charge in [0, 0.05) is 19.3 Å². The number of hydrogen-bond acceptors (Lipinski definition) is 2. The van der Waals surface area contributed by atoms with Gasteiger partial charge in [-0.05, 0) is 24.5 Å². The summed E-state index contributed by atoms with van der Waals surface area (Å²) < 4.78 is 13.5. The molecule has 1 aliphatic heterocycles. The third-order valence-electron chi connectivity index (χ3n) is 2.65. The van der Waals surface area contributed by atoms with E-state index in [1.807, 2.05) is 4.90 Å². The molecule has 0 bridgehead atoms. The predicted octanol–water partition coefficient (Wildman–Crippen LogP) is 2.67. The van der Waals surface area contributed by atoms with E-state index >= 15 is 0 Å². The lowest BCUT2D eigenvalue weighted by Crippen LogP contribution is -2.41. The van der Waals surface area contributed by atoms with Crippen LogP contribution in [0.2, 0.25) is 0 Å². The van der Waals surface area contributed by atoms with Gasteiger partial charge in [0.25, 0.3) is 0 Å². The second-order valence-electron chi connectivity index (χ2n) is 4.15. The van der Waals surface area contributed by atoms with Gasteiger partial charge in [-0.15, -0.1) is 11.6 Å². The maximum Gasteiger partial charge on any atom is 0.165 e. The Bertz CT molecular complexity index is 335. The highest BCUT2D eigenvalue weighted by Crippen LogP contribution is 2.25. The van der Waals surface area contributed by atoms with E-state index in [1.165, 1.54) is 6.07 Å². The zero-order valence-electron chi connectivity index (χ0n) is 8.66. The molecule has 1 aromatic rings. The minimum atomic E-state index is -0.268. The Balaban J connectivity index is 2.20. The summed E-state index contributed by atoms with van der Waals surface area (Å²) >= 11 is 6.12. The van der Waals surface area contributed by atoms with E-state index in [1.54, 1.807) is 12.3 Å². The molecule has 4 heteroatoms. The number of rotatable bonds is 1. The lowest BCUT2D eigenvalue weighted by molar-refractivity contribution is 0.444. The molecule has 82 valence electrons. The lowest BCUT2D eigenvalue weighted by atomic mass is 10.00. The summed E-state index contributed by atoms with van der Waals surface area (Å²) in [6.07, 6.45) is 2.60. The van der Waals surface area contributed by atoms with Crippen molar-refractivity contribution in [2.75, 3.05) is 18.0 Å². The van der Waals surface area contributed by atoms with Crippen LogP contribution in [0.1, 0.15) is 13.3 Å². The fourth-order valence-electron chi connectivity index (χ4n) is 2.06. The van der Waals surface area contributed by atoms with Crippen LogP contribution in [0.15, 0.2) is 18.3 Å². The molecule has 0 saturated carbocycles. The van der Waals surface area contributed by atoms with Crippen molar-refractivity contribution < 1.29 is 4.39 Å². The summed E-state index contributed by atoms with van der Waals surface area (Å²) in [6.45, 7) is 3.64. The molecule has 0 aromatic carbocycles. The smallest absolute Gasteiger partial charge is 0.165 e. The number of halogens is 2. The number of pyridine rings is 1. The first kappa shape index (κ1) is 10.7. The molecule has 0 amide bonds. The van der Waals surface area contributed by atoms with E-state index in [-0.39, 0.29) is 11.2 Å². The Morgan fingerprint density at radius 3 is 3.00 bits per heavy atom. The Hall–Kier alpha value is -0.830. The largest absolute Gasteiger partial charge is 0.352 e. The molecule has 2 unspecified atom stereocenters. The molecule has 2 rings (SSSR count). The van der Waals surface area contributed by atoms with Gasteiger partial charge in [0.1, 0.15) is 0 Å². The monoisotopic (exact) mass is 228 g/mol. The molecule has 0 radical (unpaired) electrons. The van der Waals surface area contributed by atoms with Crippen LogP contribution in [0.3, 0.4) is 0 Å². The predicted molar refractivity (Wildman–Crippen MR) is 59.8 cm³/mol. The number of aromatic nitrogens is 1. The van der Waals surface area contributed by atoms with Gasteiger partial charge >= 0.3 is 0 Å². The fraction of sp³-hybridized carbons (Fsp3) is 0.545. The van der Waals surface area contributed by atoms with E-state index in [0.29, 0.717) is 18.3 Å². The highest BCUT2D eigenvalue weighted by molar-refractivity contribution is 6.21. The van der Waals surface area contributed by atoms with Gasteiger partial charge < -0.3 is 4.90 Å². The van der Waals surface area contributed by atoms with E-state index in [2.05, 4.69) is 11.9 Å². The van der Waals surface area contributed by atoms with Crippen LogP contribution in [-0.2, 0) is 0 Å². The normalized spacial score (nSPS) is 26.7. The van der Waals surface area contributed by atoms with E-state index < -0.39 is 0 Å². The van der Waals surface area contributed by atoms with Crippen LogP contribution in [0.25, 0.3) is 0 Å². The number of piperidine rings is 1. The topological polar surface area (TPSA) is 16.1 Å². The molecular formula is C11H14ClFN2. The highest BCUT2D eigenvalue weighted by atomic mass is 35.5. The van der Waals surface area contributed by atoms with Crippen LogP contribution < -0.4 is 4.90 Å². The van der Waals surface area contributed by atoms with Gasteiger partial charge in [0.2, 0.25) is 0 Å². The van der Waals surface area contributed by atoms with E-state index in [0.717, 1.165) is 13.0 Å². The molecule has 2 heterocycles. The van der Waals surface area contributed by atoms with Crippen molar-refractivity contribution in [3.05, 3.63) is 24.1 Å². The summed E-state index contributed by atoms with van der Waals surface area (Å²) in [5.41, 5.74) is 0. The van der Waals surface area contributed by atoms with Gasteiger partial charge in [0.15, 0.2) is 11.6 Å².